The van der Waals surface area contributed by atoms with Gasteiger partial charge in [-0.25, -0.2) is 4.79 Å². The molecule has 0 radical (unpaired) electrons. The lowest BCUT2D eigenvalue weighted by Crippen LogP contribution is -2.36. The normalized spacial score (nSPS) is 19.3. The summed E-state index contributed by atoms with van der Waals surface area (Å²) >= 11 is 1.88. The summed E-state index contributed by atoms with van der Waals surface area (Å²) in [5.41, 5.74) is 4.46. The number of amides is 2. The van der Waals surface area contributed by atoms with Crippen LogP contribution in [0.1, 0.15) is 70.5 Å². The molecule has 0 aliphatic carbocycles. The van der Waals surface area contributed by atoms with Crippen molar-refractivity contribution in [2.24, 2.45) is 5.18 Å². The maximum atomic E-state index is 12.3. The molecule has 2 amide bonds. The van der Waals surface area contributed by atoms with E-state index in [9.17, 15) is 19.7 Å². The molecule has 0 bridgehead atoms. The molecular weight excluding hydrogens is 600 g/mol. The van der Waals surface area contributed by atoms with E-state index in [1.54, 1.807) is 12.1 Å². The van der Waals surface area contributed by atoms with Crippen LogP contribution < -0.4 is 25.6 Å². The summed E-state index contributed by atoms with van der Waals surface area (Å²) in [4.78, 5) is 35.6. The topological polar surface area (TPSA) is 157 Å². The van der Waals surface area contributed by atoms with Crippen LogP contribution in [0, 0.1) is 4.91 Å². The number of nitroso groups, excluding NO2 is 1. The van der Waals surface area contributed by atoms with Gasteiger partial charge in [0.2, 0.25) is 0 Å². The molecule has 2 fully saturated rings. The van der Waals surface area contributed by atoms with Crippen LogP contribution in [0.3, 0.4) is 0 Å². The van der Waals surface area contributed by atoms with Crippen molar-refractivity contribution < 1.29 is 33.7 Å². The van der Waals surface area contributed by atoms with Crippen molar-refractivity contribution >= 4 is 45.9 Å². The quantitative estimate of drug-likeness (QED) is 0.0352. The molecule has 4 N–H and O–H groups in total. The Morgan fingerprint density at radius 1 is 1.13 bits per heavy atom. The van der Waals surface area contributed by atoms with Gasteiger partial charge in [-0.1, -0.05) is 18.1 Å². The molecule has 2 unspecified atom stereocenters. The third kappa shape index (κ3) is 8.59. The van der Waals surface area contributed by atoms with E-state index in [2.05, 4.69) is 27.4 Å². The van der Waals surface area contributed by atoms with Crippen molar-refractivity contribution in [2.45, 2.75) is 82.2 Å². The van der Waals surface area contributed by atoms with E-state index in [-0.39, 0.29) is 29.8 Å². The lowest BCUT2D eigenvalue weighted by Gasteiger charge is -2.23. The third-order valence-corrected chi connectivity index (χ3v) is 9.62. The highest BCUT2D eigenvalue weighted by Crippen LogP contribution is 2.48. The number of nitrogens with one attached hydrogen (secondary N) is 3. The Labute approximate surface area is 267 Å². The van der Waals surface area contributed by atoms with E-state index >= 15 is 0 Å². The van der Waals surface area contributed by atoms with Crippen LogP contribution in [-0.2, 0) is 14.3 Å². The third-order valence-electron chi connectivity index (χ3n) is 8.11. The SMILES string of the molecule is COc1cc([C@H](CC=C(C)C)OCCCCOC(=O)CCCC[C@H]2SCC3NC(=O)NC32)c(OC)c2c(N=O)ccc(NO)c12. The lowest BCUT2D eigenvalue weighted by atomic mass is 9.96. The van der Waals surface area contributed by atoms with E-state index < -0.39 is 6.10 Å². The average molecular weight is 645 g/mol. The predicted molar refractivity (Wildman–Crippen MR) is 175 cm³/mol. The Kier molecular flexibility index (Phi) is 12.7. The summed E-state index contributed by atoms with van der Waals surface area (Å²) in [5.74, 6) is 1.57. The monoisotopic (exact) mass is 644 g/mol. The van der Waals surface area contributed by atoms with E-state index in [1.165, 1.54) is 20.3 Å². The Morgan fingerprint density at radius 3 is 2.64 bits per heavy atom. The lowest BCUT2D eigenvalue weighted by molar-refractivity contribution is -0.144. The highest BCUT2D eigenvalue weighted by Gasteiger charge is 2.42. The molecule has 2 aromatic rings. The second kappa shape index (κ2) is 16.7. The summed E-state index contributed by atoms with van der Waals surface area (Å²) < 4.78 is 23.3. The number of anilines is 1. The predicted octanol–water partition coefficient (Wildman–Crippen LogP) is 6.52. The maximum absolute atomic E-state index is 12.3. The zero-order chi connectivity index (χ0) is 32.3. The van der Waals surface area contributed by atoms with Gasteiger partial charge >= 0.3 is 12.0 Å². The van der Waals surface area contributed by atoms with Crippen LogP contribution >= 0.6 is 11.8 Å². The molecule has 4 rings (SSSR count). The van der Waals surface area contributed by atoms with Crippen LogP contribution in [-0.4, -0.2) is 67.7 Å². The van der Waals surface area contributed by atoms with E-state index in [0.717, 1.165) is 30.6 Å². The van der Waals surface area contributed by atoms with Crippen molar-refractivity contribution in [1.29, 1.82) is 0 Å². The van der Waals surface area contributed by atoms with Crippen LogP contribution in [0.4, 0.5) is 16.2 Å². The van der Waals surface area contributed by atoms with Gasteiger partial charge in [-0.2, -0.15) is 11.8 Å². The smallest absolute Gasteiger partial charge is 0.315 e. The number of carbonyl (C=O) groups is 2. The van der Waals surface area contributed by atoms with E-state index in [1.807, 2.05) is 25.6 Å². The summed E-state index contributed by atoms with van der Waals surface area (Å²) in [6.45, 7) is 4.74. The minimum Gasteiger partial charge on any atom is -0.496 e. The molecular formula is C32H44N4O8S. The molecule has 12 nitrogen and oxygen atoms in total. The molecule has 0 saturated carbocycles. The number of hydrogen-bond acceptors (Lipinski definition) is 11. The Balaban J connectivity index is 1.29. The standard InChI is InChI=1S/C32H44N4O8S/c1-19(2)11-14-24(20-17-25(41-3)28-21(35-39)12-13-22(36-40)29(28)31(20)42-4)43-15-7-8-16-44-27(37)10-6-5-9-26-30-23(18-45-26)33-32(38)34-30/h11-13,17,23-24,26,30,35,39H,5-10,14-16,18H2,1-4H3,(H2,33,34,38)/t23?,24-,26+,30?/m0/s1. The number of carbonyl (C=O) groups excluding carboxylic acids is 2. The van der Waals surface area contributed by atoms with Crippen molar-refractivity contribution in [3.63, 3.8) is 0 Å². The molecule has 2 aromatic carbocycles. The zero-order valence-corrected chi connectivity index (χ0v) is 27.2. The van der Waals surface area contributed by atoms with E-state index in [4.69, 9.17) is 18.9 Å². The van der Waals surface area contributed by atoms with Crippen molar-refractivity contribution in [3.8, 4) is 11.5 Å². The first-order valence-corrected chi connectivity index (χ1v) is 16.4. The molecule has 2 aliphatic heterocycles. The molecule has 246 valence electrons. The number of rotatable bonds is 18. The van der Waals surface area contributed by atoms with Gasteiger partial charge in [0.1, 0.15) is 17.2 Å². The van der Waals surface area contributed by atoms with Gasteiger partial charge in [0.05, 0.1) is 55.5 Å². The van der Waals surface area contributed by atoms with Gasteiger partial charge in [-0.3, -0.25) is 15.5 Å². The number of ether oxygens (including phenoxy) is 4. The van der Waals surface area contributed by atoms with Crippen LogP contribution in [0.2, 0.25) is 0 Å². The second-order valence-electron chi connectivity index (χ2n) is 11.5. The number of thioether (sulfide) groups is 1. The summed E-state index contributed by atoms with van der Waals surface area (Å²) in [6.07, 6.45) is 6.54. The number of allylic oxidation sites excluding steroid dienone is 1. The van der Waals surface area contributed by atoms with E-state index in [0.29, 0.717) is 77.7 Å². The summed E-state index contributed by atoms with van der Waals surface area (Å²) in [5, 5.41) is 20.1. The van der Waals surface area contributed by atoms with Gasteiger partial charge in [0.25, 0.3) is 0 Å². The van der Waals surface area contributed by atoms with Gasteiger partial charge in [0, 0.05) is 29.6 Å². The molecule has 13 heteroatoms. The number of hydrogen-bond donors (Lipinski definition) is 4. The molecule has 2 aliphatic rings. The summed E-state index contributed by atoms with van der Waals surface area (Å²) in [6, 6.07) is 5.17. The second-order valence-corrected chi connectivity index (χ2v) is 12.7. The largest absolute Gasteiger partial charge is 0.496 e. The number of esters is 1. The van der Waals surface area contributed by atoms with Gasteiger partial charge in [-0.05, 0) is 69.3 Å². The molecule has 45 heavy (non-hydrogen) atoms. The zero-order valence-electron chi connectivity index (χ0n) is 26.4. The number of urea groups is 1. The Bertz CT molecular complexity index is 1380. The molecule has 0 aromatic heterocycles. The minimum atomic E-state index is -0.428. The molecule has 0 spiro atoms. The fraction of sp³-hybridized carbons (Fsp3) is 0.562. The first-order chi connectivity index (χ1) is 21.8. The van der Waals surface area contributed by atoms with Crippen molar-refractivity contribution in [2.75, 3.05) is 38.7 Å². The molecule has 4 atom stereocenters. The first kappa shape index (κ1) is 34.3. The molecule has 2 saturated heterocycles. The highest BCUT2D eigenvalue weighted by atomic mass is 32.2. The molecule has 2 heterocycles. The highest BCUT2D eigenvalue weighted by molar-refractivity contribution is 8.00. The number of unbranched alkanes of at least 4 members (excludes halogenated alkanes) is 2. The number of nitrogens with zero attached hydrogens (tertiary/aromatic N) is 1. The summed E-state index contributed by atoms with van der Waals surface area (Å²) in [7, 11) is 3.03. The van der Waals surface area contributed by atoms with Gasteiger partial charge < -0.3 is 29.6 Å². The number of methoxy groups -OCH3 is 2. The van der Waals surface area contributed by atoms with Gasteiger partial charge in [0.15, 0.2) is 0 Å². The van der Waals surface area contributed by atoms with Crippen LogP contribution in [0.5, 0.6) is 11.5 Å². The fourth-order valence-corrected chi connectivity index (χ4v) is 7.41. The first-order valence-electron chi connectivity index (χ1n) is 15.4. The van der Waals surface area contributed by atoms with Crippen LogP contribution in [0.25, 0.3) is 10.8 Å². The Hall–Kier alpha value is -3.55. The minimum absolute atomic E-state index is 0.0813. The van der Waals surface area contributed by atoms with Crippen LogP contribution in [0.15, 0.2) is 35.0 Å². The van der Waals surface area contributed by atoms with Crippen molar-refractivity contribution in [3.05, 3.63) is 40.3 Å². The number of fused-ring (bicyclic) bond motifs is 2. The van der Waals surface area contributed by atoms with Gasteiger partial charge in [-0.15, -0.1) is 4.91 Å². The maximum Gasteiger partial charge on any atom is 0.315 e. The Morgan fingerprint density at radius 2 is 1.93 bits per heavy atom. The average Bonchev–Trinajstić information content (AvgIpc) is 3.59. The van der Waals surface area contributed by atoms with Crippen molar-refractivity contribution in [1.82, 2.24) is 10.6 Å². The fourth-order valence-electron chi connectivity index (χ4n) is 5.86. The number of benzene rings is 2.